The van der Waals surface area contributed by atoms with Crippen LogP contribution in [0.1, 0.15) is 47.0 Å². The minimum atomic E-state index is 0.175. The van der Waals surface area contributed by atoms with Gasteiger partial charge in [-0.25, -0.2) is 0 Å². The molecule has 0 aromatic heterocycles. The summed E-state index contributed by atoms with van der Waals surface area (Å²) in [4.78, 5) is 2.43. The summed E-state index contributed by atoms with van der Waals surface area (Å²) in [6.07, 6.45) is 3.62. The van der Waals surface area contributed by atoms with Crippen LogP contribution in [0.5, 0.6) is 0 Å². The lowest BCUT2D eigenvalue weighted by atomic mass is 9.94. The molecule has 0 aromatic carbocycles. The van der Waals surface area contributed by atoms with Crippen LogP contribution in [-0.4, -0.2) is 30.1 Å². The van der Waals surface area contributed by atoms with E-state index in [2.05, 4.69) is 39.6 Å². The predicted octanol–water partition coefficient (Wildman–Crippen LogP) is 2.23. The second kappa shape index (κ2) is 5.61. The van der Waals surface area contributed by atoms with E-state index in [0.29, 0.717) is 6.04 Å². The van der Waals surface area contributed by atoms with Gasteiger partial charge < -0.3 is 5.73 Å². The Kier molecular flexibility index (Phi) is 5.57. The van der Waals surface area contributed by atoms with E-state index in [9.17, 15) is 0 Å². The summed E-state index contributed by atoms with van der Waals surface area (Å²) >= 11 is 0. The number of nitrogens with zero attached hydrogens (tertiary/aromatic N) is 1. The average Bonchev–Trinajstić information content (AvgIpc) is 2.16. The maximum Gasteiger partial charge on any atom is 0.0300 e. The Hall–Kier alpha value is -0.0800. The smallest absolute Gasteiger partial charge is 0.0300 e. The third-order valence-electron chi connectivity index (χ3n) is 3.42. The molecule has 13 heavy (non-hydrogen) atoms. The highest BCUT2D eigenvalue weighted by molar-refractivity contribution is 4.86. The van der Waals surface area contributed by atoms with Crippen LogP contribution in [0.25, 0.3) is 0 Å². The lowest BCUT2D eigenvalue weighted by Gasteiger charge is -2.41. The Morgan fingerprint density at radius 3 is 2.23 bits per heavy atom. The fourth-order valence-electron chi connectivity index (χ4n) is 1.68. The average molecular weight is 186 g/mol. The highest BCUT2D eigenvalue weighted by atomic mass is 15.2. The van der Waals surface area contributed by atoms with Crippen LogP contribution in [0.15, 0.2) is 0 Å². The van der Waals surface area contributed by atoms with Gasteiger partial charge in [0.2, 0.25) is 0 Å². The third kappa shape index (κ3) is 3.28. The van der Waals surface area contributed by atoms with Crippen LogP contribution in [-0.2, 0) is 0 Å². The lowest BCUT2D eigenvalue weighted by Crippen LogP contribution is -2.52. The minimum Gasteiger partial charge on any atom is -0.329 e. The fourth-order valence-corrected chi connectivity index (χ4v) is 1.68. The Balaban J connectivity index is 4.27. The van der Waals surface area contributed by atoms with Gasteiger partial charge in [-0.05, 0) is 33.7 Å². The molecule has 0 aromatic rings. The monoisotopic (exact) mass is 186 g/mol. The van der Waals surface area contributed by atoms with E-state index in [0.717, 1.165) is 13.0 Å². The molecule has 0 aliphatic carbocycles. The van der Waals surface area contributed by atoms with Crippen molar-refractivity contribution in [2.24, 2.45) is 5.73 Å². The van der Waals surface area contributed by atoms with Crippen molar-refractivity contribution in [3.63, 3.8) is 0 Å². The first kappa shape index (κ1) is 12.9. The summed E-state index contributed by atoms with van der Waals surface area (Å²) in [5.41, 5.74) is 5.99. The van der Waals surface area contributed by atoms with E-state index in [1.54, 1.807) is 0 Å². The van der Waals surface area contributed by atoms with Crippen molar-refractivity contribution < 1.29 is 0 Å². The van der Waals surface area contributed by atoms with Gasteiger partial charge in [0, 0.05) is 18.1 Å². The van der Waals surface area contributed by atoms with E-state index in [4.69, 9.17) is 5.73 Å². The molecule has 0 aliphatic heterocycles. The number of rotatable bonds is 6. The Morgan fingerprint density at radius 1 is 1.38 bits per heavy atom. The minimum absolute atomic E-state index is 0.175. The summed E-state index contributed by atoms with van der Waals surface area (Å²) in [6.45, 7) is 9.72. The van der Waals surface area contributed by atoms with Crippen molar-refractivity contribution in [1.82, 2.24) is 4.90 Å². The lowest BCUT2D eigenvalue weighted by molar-refractivity contribution is 0.0915. The molecule has 0 fully saturated rings. The summed E-state index contributed by atoms with van der Waals surface area (Å²) in [5, 5.41) is 0. The van der Waals surface area contributed by atoms with Gasteiger partial charge in [-0.2, -0.15) is 0 Å². The van der Waals surface area contributed by atoms with Gasteiger partial charge in [0.1, 0.15) is 0 Å². The van der Waals surface area contributed by atoms with Crippen LogP contribution in [0.3, 0.4) is 0 Å². The molecule has 0 heterocycles. The van der Waals surface area contributed by atoms with Crippen LogP contribution in [0, 0.1) is 0 Å². The molecule has 0 spiro atoms. The van der Waals surface area contributed by atoms with E-state index in [1.165, 1.54) is 12.8 Å². The first-order valence-electron chi connectivity index (χ1n) is 5.44. The second-order valence-corrected chi connectivity index (χ2v) is 4.30. The van der Waals surface area contributed by atoms with Gasteiger partial charge in [0.05, 0.1) is 0 Å². The predicted molar refractivity (Wildman–Crippen MR) is 59.9 cm³/mol. The second-order valence-electron chi connectivity index (χ2n) is 4.30. The Morgan fingerprint density at radius 2 is 1.92 bits per heavy atom. The number of likely N-dealkylation sites (N-methyl/N-ethyl adjacent to an activating group) is 1. The molecule has 0 aliphatic rings. The fraction of sp³-hybridized carbons (Fsp3) is 1.00. The molecule has 0 amide bonds. The zero-order chi connectivity index (χ0) is 10.5. The molecule has 2 heteroatoms. The summed E-state index contributed by atoms with van der Waals surface area (Å²) in [6, 6.07) is 0.638. The molecule has 0 saturated carbocycles. The molecule has 0 bridgehead atoms. The molecular formula is C11H26N2. The van der Waals surface area contributed by atoms with Gasteiger partial charge >= 0.3 is 0 Å². The molecule has 0 rings (SSSR count). The number of nitrogens with two attached hydrogens (primary N) is 1. The molecule has 2 unspecified atom stereocenters. The van der Waals surface area contributed by atoms with Gasteiger partial charge in [-0.15, -0.1) is 0 Å². The third-order valence-corrected chi connectivity index (χ3v) is 3.42. The number of hydrogen-bond donors (Lipinski definition) is 1. The molecule has 0 saturated heterocycles. The van der Waals surface area contributed by atoms with Crippen molar-refractivity contribution in [2.75, 3.05) is 13.6 Å². The Labute approximate surface area is 83.5 Å². The molecule has 0 radical (unpaired) electrons. The van der Waals surface area contributed by atoms with Gasteiger partial charge in [0.25, 0.3) is 0 Å². The van der Waals surface area contributed by atoms with Gasteiger partial charge in [-0.3, -0.25) is 4.90 Å². The van der Waals surface area contributed by atoms with E-state index >= 15 is 0 Å². The maximum absolute atomic E-state index is 5.81. The molecule has 2 nitrogen and oxygen atoms in total. The van der Waals surface area contributed by atoms with E-state index < -0.39 is 0 Å². The van der Waals surface area contributed by atoms with E-state index in [1.807, 2.05) is 0 Å². The zero-order valence-electron chi connectivity index (χ0n) is 9.93. The standard InChI is InChI=1S/C11H26N2/c1-6-8-10(3)13(5)11(4,7-2)9-12/h10H,6-9,12H2,1-5H3. The van der Waals surface area contributed by atoms with Gasteiger partial charge in [-0.1, -0.05) is 20.3 Å². The summed E-state index contributed by atoms with van der Waals surface area (Å²) in [5.74, 6) is 0. The van der Waals surface area contributed by atoms with E-state index in [-0.39, 0.29) is 5.54 Å². The van der Waals surface area contributed by atoms with Crippen LogP contribution in [0.4, 0.5) is 0 Å². The maximum atomic E-state index is 5.81. The molecule has 2 N–H and O–H groups in total. The van der Waals surface area contributed by atoms with Crippen LogP contribution < -0.4 is 5.73 Å². The quantitative estimate of drug-likeness (QED) is 0.689. The van der Waals surface area contributed by atoms with Crippen LogP contribution in [0.2, 0.25) is 0 Å². The number of hydrogen-bond acceptors (Lipinski definition) is 2. The Bertz CT molecular complexity index is 130. The first-order chi connectivity index (χ1) is 6.01. The van der Waals surface area contributed by atoms with Crippen molar-refractivity contribution in [3.8, 4) is 0 Å². The molecule has 80 valence electrons. The summed E-state index contributed by atoms with van der Waals surface area (Å²) in [7, 11) is 2.19. The zero-order valence-corrected chi connectivity index (χ0v) is 9.93. The highest BCUT2D eigenvalue weighted by Gasteiger charge is 2.28. The van der Waals surface area contributed by atoms with Gasteiger partial charge in [0.15, 0.2) is 0 Å². The highest BCUT2D eigenvalue weighted by Crippen LogP contribution is 2.20. The molecular weight excluding hydrogens is 160 g/mol. The van der Waals surface area contributed by atoms with Crippen molar-refractivity contribution in [3.05, 3.63) is 0 Å². The molecule has 2 atom stereocenters. The first-order valence-corrected chi connectivity index (χ1v) is 5.44. The topological polar surface area (TPSA) is 29.3 Å². The van der Waals surface area contributed by atoms with Crippen molar-refractivity contribution in [1.29, 1.82) is 0 Å². The largest absolute Gasteiger partial charge is 0.329 e. The van der Waals surface area contributed by atoms with Crippen molar-refractivity contribution in [2.45, 2.75) is 58.5 Å². The normalized spacial score (nSPS) is 18.7. The van der Waals surface area contributed by atoms with Crippen molar-refractivity contribution >= 4 is 0 Å². The summed E-state index contributed by atoms with van der Waals surface area (Å²) < 4.78 is 0. The van der Waals surface area contributed by atoms with Crippen LogP contribution >= 0.6 is 0 Å². The SMILES string of the molecule is CCCC(C)N(C)C(C)(CC)CN.